The first-order chi connectivity index (χ1) is 16.0. The van der Waals surface area contributed by atoms with Crippen LogP contribution in [0.1, 0.15) is 21.9 Å². The van der Waals surface area contributed by atoms with Gasteiger partial charge in [-0.1, -0.05) is 11.6 Å². The van der Waals surface area contributed by atoms with Crippen molar-refractivity contribution in [2.24, 2.45) is 0 Å². The molecule has 180 valence electrons. The standard InChI is InChI=1S/C20H16ClF4N5O4/c1-10-17(12(21)2-3-26-10)27-18(31)11-6-13(22)14(7-15(11)34-9-20(23,24)25)30-19(32)29-4-5-33-8-16(29)28-30/h2-3,6-7H,4-5,8-9H2,1H3,(H,27,31). The molecule has 1 aliphatic heterocycles. The summed E-state index contributed by atoms with van der Waals surface area (Å²) in [5.41, 5.74) is -1.33. The van der Waals surface area contributed by atoms with E-state index in [0.717, 1.165) is 6.07 Å². The second kappa shape index (κ2) is 9.06. The van der Waals surface area contributed by atoms with Crippen LogP contribution in [0.2, 0.25) is 5.02 Å². The number of carbonyl (C=O) groups is 1. The number of aryl methyl sites for hydroxylation is 1. The van der Waals surface area contributed by atoms with Crippen LogP contribution in [-0.4, -0.2) is 44.6 Å². The van der Waals surface area contributed by atoms with Crippen molar-refractivity contribution in [3.63, 3.8) is 0 Å². The van der Waals surface area contributed by atoms with Crippen LogP contribution in [0.25, 0.3) is 5.69 Å². The number of hydrogen-bond acceptors (Lipinski definition) is 6. The summed E-state index contributed by atoms with van der Waals surface area (Å²) in [5, 5.41) is 6.52. The number of aromatic nitrogens is 4. The highest BCUT2D eigenvalue weighted by molar-refractivity contribution is 6.34. The molecule has 0 unspecified atom stereocenters. The fourth-order valence-electron chi connectivity index (χ4n) is 3.27. The zero-order valence-electron chi connectivity index (χ0n) is 17.4. The summed E-state index contributed by atoms with van der Waals surface area (Å²) in [5.74, 6) is -2.47. The Hall–Kier alpha value is -3.45. The van der Waals surface area contributed by atoms with E-state index < -0.39 is 47.2 Å². The first kappa shape index (κ1) is 23.7. The molecule has 9 nitrogen and oxygen atoms in total. The summed E-state index contributed by atoms with van der Waals surface area (Å²) in [4.78, 5) is 29.5. The SMILES string of the molecule is Cc1nccc(Cl)c1NC(=O)c1cc(F)c(-n2nc3n(c2=O)CCOC3)cc1OCC(F)(F)F. The zero-order valence-corrected chi connectivity index (χ0v) is 18.2. The van der Waals surface area contributed by atoms with Crippen LogP contribution in [0.15, 0.2) is 29.2 Å². The van der Waals surface area contributed by atoms with Crippen molar-refractivity contribution in [3.8, 4) is 11.4 Å². The number of benzene rings is 1. The molecule has 14 heteroatoms. The van der Waals surface area contributed by atoms with Gasteiger partial charge in [0.05, 0.1) is 35.1 Å². The van der Waals surface area contributed by atoms with Gasteiger partial charge in [0.25, 0.3) is 5.91 Å². The van der Waals surface area contributed by atoms with Crippen LogP contribution in [-0.2, 0) is 17.9 Å². The Morgan fingerprint density at radius 1 is 1.35 bits per heavy atom. The lowest BCUT2D eigenvalue weighted by atomic mass is 10.1. The maximum atomic E-state index is 15.1. The Morgan fingerprint density at radius 2 is 2.12 bits per heavy atom. The second-order valence-electron chi connectivity index (χ2n) is 7.23. The fourth-order valence-corrected chi connectivity index (χ4v) is 3.51. The third-order valence-corrected chi connectivity index (χ3v) is 5.19. The van der Waals surface area contributed by atoms with E-state index in [1.807, 2.05) is 0 Å². The Balaban J connectivity index is 1.78. The number of amides is 1. The molecular formula is C20H16ClF4N5O4. The molecular weight excluding hydrogens is 486 g/mol. The summed E-state index contributed by atoms with van der Waals surface area (Å²) in [6.07, 6.45) is -3.35. The number of rotatable bonds is 5. The predicted molar refractivity (Wildman–Crippen MR) is 111 cm³/mol. The van der Waals surface area contributed by atoms with Crippen molar-refractivity contribution in [1.29, 1.82) is 0 Å². The Labute approximate surface area is 193 Å². The van der Waals surface area contributed by atoms with Crippen molar-refractivity contribution in [2.75, 3.05) is 18.5 Å². The van der Waals surface area contributed by atoms with Gasteiger partial charge in [-0.3, -0.25) is 14.3 Å². The van der Waals surface area contributed by atoms with Gasteiger partial charge in [0, 0.05) is 12.3 Å². The molecule has 1 N–H and O–H groups in total. The van der Waals surface area contributed by atoms with Gasteiger partial charge in [-0.2, -0.15) is 17.9 Å². The van der Waals surface area contributed by atoms with E-state index in [1.54, 1.807) is 6.92 Å². The van der Waals surface area contributed by atoms with Crippen LogP contribution < -0.4 is 15.7 Å². The molecule has 0 fully saturated rings. The lowest BCUT2D eigenvalue weighted by Crippen LogP contribution is -2.29. The largest absolute Gasteiger partial charge is 0.483 e. The number of nitrogens with one attached hydrogen (secondary N) is 1. The number of ether oxygens (including phenoxy) is 2. The first-order valence-corrected chi connectivity index (χ1v) is 10.2. The van der Waals surface area contributed by atoms with E-state index in [-0.39, 0.29) is 36.3 Å². The molecule has 0 atom stereocenters. The maximum absolute atomic E-state index is 15.1. The minimum absolute atomic E-state index is 0.00695. The van der Waals surface area contributed by atoms with Gasteiger partial charge >= 0.3 is 11.9 Å². The van der Waals surface area contributed by atoms with E-state index in [4.69, 9.17) is 21.1 Å². The molecule has 0 bridgehead atoms. The Bertz CT molecular complexity index is 1300. The van der Waals surface area contributed by atoms with Gasteiger partial charge in [-0.15, -0.1) is 5.10 Å². The van der Waals surface area contributed by atoms with Crippen molar-refractivity contribution in [1.82, 2.24) is 19.3 Å². The molecule has 0 saturated carbocycles. The molecule has 3 aromatic rings. The van der Waals surface area contributed by atoms with E-state index in [0.29, 0.717) is 16.4 Å². The van der Waals surface area contributed by atoms with E-state index in [2.05, 4.69) is 15.4 Å². The minimum atomic E-state index is -4.74. The average molecular weight is 502 g/mol. The van der Waals surface area contributed by atoms with Crippen LogP contribution in [0, 0.1) is 12.7 Å². The zero-order chi connectivity index (χ0) is 24.6. The number of alkyl halides is 3. The maximum Gasteiger partial charge on any atom is 0.422 e. The van der Waals surface area contributed by atoms with Crippen LogP contribution in [0.5, 0.6) is 5.75 Å². The number of anilines is 1. The van der Waals surface area contributed by atoms with Gasteiger partial charge in [-0.05, 0) is 19.1 Å². The Kier molecular flexibility index (Phi) is 6.32. The van der Waals surface area contributed by atoms with Gasteiger partial charge in [0.2, 0.25) is 0 Å². The molecule has 34 heavy (non-hydrogen) atoms. The second-order valence-corrected chi connectivity index (χ2v) is 7.63. The summed E-state index contributed by atoms with van der Waals surface area (Å²) in [6.45, 7) is 0.221. The molecule has 4 rings (SSSR count). The topological polar surface area (TPSA) is 100 Å². The normalized spacial score (nSPS) is 13.5. The average Bonchev–Trinajstić information content (AvgIpc) is 3.11. The van der Waals surface area contributed by atoms with Crippen molar-refractivity contribution in [2.45, 2.75) is 26.3 Å². The van der Waals surface area contributed by atoms with Crippen LogP contribution >= 0.6 is 11.6 Å². The molecule has 2 aromatic heterocycles. The number of pyridine rings is 1. The summed E-state index contributed by atoms with van der Waals surface area (Å²) in [7, 11) is 0. The van der Waals surface area contributed by atoms with Crippen LogP contribution in [0.4, 0.5) is 23.2 Å². The summed E-state index contributed by atoms with van der Waals surface area (Å²) >= 11 is 6.06. The van der Waals surface area contributed by atoms with Gasteiger partial charge in [0.1, 0.15) is 23.9 Å². The number of nitrogens with zero attached hydrogens (tertiary/aromatic N) is 4. The van der Waals surface area contributed by atoms with Crippen LogP contribution in [0.3, 0.4) is 0 Å². The smallest absolute Gasteiger partial charge is 0.422 e. The number of carbonyl (C=O) groups excluding carboxylic acids is 1. The van der Waals surface area contributed by atoms with E-state index in [9.17, 15) is 22.8 Å². The predicted octanol–water partition coefficient (Wildman–Crippen LogP) is 3.25. The quantitative estimate of drug-likeness (QED) is 0.539. The van der Waals surface area contributed by atoms with Crippen molar-refractivity contribution < 1.29 is 31.8 Å². The highest BCUT2D eigenvalue weighted by Gasteiger charge is 2.30. The lowest BCUT2D eigenvalue weighted by Gasteiger charge is -2.16. The molecule has 0 radical (unpaired) electrons. The van der Waals surface area contributed by atoms with Crippen molar-refractivity contribution in [3.05, 3.63) is 62.8 Å². The summed E-state index contributed by atoms with van der Waals surface area (Å²) in [6, 6.07) is 2.87. The first-order valence-electron chi connectivity index (χ1n) is 9.77. The molecule has 1 aliphatic rings. The minimum Gasteiger partial charge on any atom is -0.483 e. The monoisotopic (exact) mass is 501 g/mol. The lowest BCUT2D eigenvalue weighted by molar-refractivity contribution is -0.153. The molecule has 0 spiro atoms. The van der Waals surface area contributed by atoms with E-state index in [1.165, 1.54) is 16.8 Å². The molecule has 1 aromatic carbocycles. The summed E-state index contributed by atoms with van der Waals surface area (Å²) < 4.78 is 65.5. The van der Waals surface area contributed by atoms with Gasteiger partial charge < -0.3 is 14.8 Å². The fraction of sp³-hybridized carbons (Fsp3) is 0.300. The molecule has 3 heterocycles. The molecule has 0 saturated heterocycles. The Morgan fingerprint density at radius 3 is 2.79 bits per heavy atom. The third kappa shape index (κ3) is 4.75. The molecule has 1 amide bonds. The van der Waals surface area contributed by atoms with Gasteiger partial charge in [0.15, 0.2) is 12.4 Å². The molecule has 0 aliphatic carbocycles. The number of halogens is 5. The number of hydrogen-bond donors (Lipinski definition) is 1. The van der Waals surface area contributed by atoms with Crippen molar-refractivity contribution >= 4 is 23.2 Å². The van der Waals surface area contributed by atoms with E-state index >= 15 is 4.39 Å². The number of fused-ring (bicyclic) bond motifs is 1. The highest BCUT2D eigenvalue weighted by Crippen LogP contribution is 2.30. The third-order valence-electron chi connectivity index (χ3n) is 4.87. The van der Waals surface area contributed by atoms with Gasteiger partial charge in [-0.25, -0.2) is 9.18 Å². The highest BCUT2D eigenvalue weighted by atomic mass is 35.5.